The van der Waals surface area contributed by atoms with Gasteiger partial charge in [0.2, 0.25) is 0 Å². The second-order valence-electron chi connectivity index (χ2n) is 8.68. The minimum atomic E-state index is -3.69. The van der Waals surface area contributed by atoms with Gasteiger partial charge in [-0.05, 0) is 90.9 Å². The van der Waals surface area contributed by atoms with Gasteiger partial charge >= 0.3 is 0 Å². The fraction of sp³-hybridized carbons (Fsp3) is 0.231. The molecule has 0 radical (unpaired) electrons. The number of nitrogens with one attached hydrogen (secondary N) is 2. The second-order valence-corrected chi connectivity index (χ2v) is 10.8. The van der Waals surface area contributed by atoms with Gasteiger partial charge in [0, 0.05) is 22.3 Å². The van der Waals surface area contributed by atoms with E-state index in [1.165, 1.54) is 5.56 Å². The fourth-order valence-corrected chi connectivity index (χ4v) is 5.97. The van der Waals surface area contributed by atoms with Gasteiger partial charge in [0.15, 0.2) is 0 Å². The van der Waals surface area contributed by atoms with Gasteiger partial charge in [-0.2, -0.15) is 0 Å². The Labute approximate surface area is 194 Å². The van der Waals surface area contributed by atoms with Crippen molar-refractivity contribution in [2.24, 2.45) is 5.92 Å². The van der Waals surface area contributed by atoms with Gasteiger partial charge < -0.3 is 5.32 Å². The number of benzene rings is 3. The lowest BCUT2D eigenvalue weighted by Gasteiger charge is -2.37. The first-order valence-electron chi connectivity index (χ1n) is 10.7. The molecule has 1 heterocycles. The van der Waals surface area contributed by atoms with E-state index in [9.17, 15) is 8.42 Å². The number of anilines is 2. The van der Waals surface area contributed by atoms with E-state index in [0.717, 1.165) is 33.8 Å². The highest BCUT2D eigenvalue weighted by Crippen LogP contribution is 2.50. The molecule has 3 aromatic rings. The highest BCUT2D eigenvalue weighted by Gasteiger charge is 2.38. The normalized spacial score (nSPS) is 21.5. The number of aryl methyl sites for hydroxylation is 2. The fourth-order valence-electron chi connectivity index (χ4n) is 4.76. The Kier molecular flexibility index (Phi) is 5.26. The molecule has 2 aliphatic rings. The molecule has 1 aliphatic carbocycles. The summed E-state index contributed by atoms with van der Waals surface area (Å²) in [7, 11) is -3.69. The predicted octanol–water partition coefficient (Wildman–Crippen LogP) is 6.58. The van der Waals surface area contributed by atoms with Crippen molar-refractivity contribution in [1.82, 2.24) is 0 Å². The van der Waals surface area contributed by atoms with E-state index in [2.05, 4.69) is 34.3 Å². The zero-order valence-electron chi connectivity index (χ0n) is 18.0. The summed E-state index contributed by atoms with van der Waals surface area (Å²) in [5, 5.41) is 4.37. The molecule has 164 valence electrons. The first-order chi connectivity index (χ1) is 15.3. The maximum Gasteiger partial charge on any atom is 0.261 e. The van der Waals surface area contributed by atoms with E-state index >= 15 is 0 Å². The lowest BCUT2D eigenvalue weighted by Crippen LogP contribution is -2.29. The Hall–Kier alpha value is -2.76. The SMILES string of the molecule is Cc1ccc(NS(=O)(=O)c2ccc3c(c2)[C@H]2C=CC[C@H]2[C@@H](c2ccc(Cl)cc2)N3)cc1C. The van der Waals surface area contributed by atoms with Crippen LogP contribution in [0.15, 0.2) is 77.7 Å². The Morgan fingerprint density at radius 2 is 1.75 bits per heavy atom. The van der Waals surface area contributed by atoms with Crippen molar-refractivity contribution in [1.29, 1.82) is 0 Å². The molecule has 0 unspecified atom stereocenters. The third-order valence-electron chi connectivity index (χ3n) is 6.63. The number of hydrogen-bond acceptors (Lipinski definition) is 3. The molecule has 3 atom stereocenters. The standard InChI is InChI=1S/C26H25ClN2O2S/c1-16-6-11-20(14-17(16)2)29-32(30,31)21-12-13-25-24(15-21)22-4-3-5-23(22)26(28-25)18-7-9-19(27)10-8-18/h3-4,6-15,22-23,26,28-29H,5H2,1-2H3/t22-,23+,26+/m0/s1. The number of halogens is 1. The number of hydrogen-bond donors (Lipinski definition) is 2. The molecule has 4 nitrogen and oxygen atoms in total. The third kappa shape index (κ3) is 3.80. The maximum atomic E-state index is 13.1. The second kappa shape index (κ2) is 7.98. The summed E-state index contributed by atoms with van der Waals surface area (Å²) < 4.78 is 29.0. The van der Waals surface area contributed by atoms with Crippen LogP contribution in [0.1, 0.15) is 40.6 Å². The number of sulfonamides is 1. The highest BCUT2D eigenvalue weighted by molar-refractivity contribution is 7.92. The molecule has 0 fully saturated rings. The van der Waals surface area contributed by atoms with Gasteiger partial charge in [0.25, 0.3) is 10.0 Å². The van der Waals surface area contributed by atoms with Gasteiger partial charge in [-0.3, -0.25) is 4.72 Å². The van der Waals surface area contributed by atoms with Crippen molar-refractivity contribution in [2.75, 3.05) is 10.0 Å². The molecule has 0 amide bonds. The molecular weight excluding hydrogens is 440 g/mol. The molecular formula is C26H25ClN2O2S. The topological polar surface area (TPSA) is 58.2 Å². The van der Waals surface area contributed by atoms with Crippen molar-refractivity contribution in [3.05, 3.63) is 100 Å². The maximum absolute atomic E-state index is 13.1. The first kappa shape index (κ1) is 21.1. The van der Waals surface area contributed by atoms with Gasteiger partial charge in [-0.15, -0.1) is 0 Å². The van der Waals surface area contributed by atoms with Crippen molar-refractivity contribution >= 4 is 33.0 Å². The van der Waals surface area contributed by atoms with E-state index in [-0.39, 0.29) is 16.9 Å². The van der Waals surface area contributed by atoms with Crippen LogP contribution in [0.2, 0.25) is 5.02 Å². The Morgan fingerprint density at radius 1 is 0.969 bits per heavy atom. The summed E-state index contributed by atoms with van der Waals surface area (Å²) in [4.78, 5) is 0.278. The largest absolute Gasteiger partial charge is 0.378 e. The molecule has 3 aromatic carbocycles. The number of fused-ring (bicyclic) bond motifs is 3. The van der Waals surface area contributed by atoms with Crippen LogP contribution in [-0.4, -0.2) is 8.42 Å². The summed E-state index contributed by atoms with van der Waals surface area (Å²) >= 11 is 6.08. The Morgan fingerprint density at radius 3 is 2.50 bits per heavy atom. The summed E-state index contributed by atoms with van der Waals surface area (Å²) in [6.45, 7) is 3.98. The molecule has 0 saturated heterocycles. The van der Waals surface area contributed by atoms with Crippen molar-refractivity contribution < 1.29 is 8.42 Å². The van der Waals surface area contributed by atoms with Crippen molar-refractivity contribution in [3.8, 4) is 0 Å². The van der Waals surface area contributed by atoms with Crippen LogP contribution in [0.4, 0.5) is 11.4 Å². The summed E-state index contributed by atoms with van der Waals surface area (Å²) in [5.74, 6) is 0.498. The van der Waals surface area contributed by atoms with Crippen LogP contribution >= 0.6 is 11.6 Å². The average Bonchev–Trinajstić information content (AvgIpc) is 3.26. The molecule has 0 aromatic heterocycles. The van der Waals surface area contributed by atoms with Gasteiger partial charge in [-0.1, -0.05) is 42.0 Å². The highest BCUT2D eigenvalue weighted by atomic mass is 35.5. The molecule has 2 N–H and O–H groups in total. The number of allylic oxidation sites excluding steroid dienone is 2. The van der Waals surface area contributed by atoms with E-state index < -0.39 is 10.0 Å². The summed E-state index contributed by atoms with van der Waals surface area (Å²) in [6.07, 6.45) is 5.35. The molecule has 1 aliphatic heterocycles. The van der Waals surface area contributed by atoms with Crippen molar-refractivity contribution in [3.63, 3.8) is 0 Å². The van der Waals surface area contributed by atoms with Crippen LogP contribution in [0.5, 0.6) is 0 Å². The summed E-state index contributed by atoms with van der Waals surface area (Å²) in [5.41, 5.74) is 5.94. The molecule has 32 heavy (non-hydrogen) atoms. The minimum absolute atomic E-state index is 0.149. The van der Waals surface area contributed by atoms with Gasteiger partial charge in [0.1, 0.15) is 0 Å². The molecule has 0 bridgehead atoms. The zero-order valence-corrected chi connectivity index (χ0v) is 19.5. The van der Waals surface area contributed by atoms with E-state index in [4.69, 9.17) is 11.6 Å². The average molecular weight is 465 g/mol. The minimum Gasteiger partial charge on any atom is -0.378 e. The van der Waals surface area contributed by atoms with Gasteiger partial charge in [0.05, 0.1) is 10.9 Å². The Balaban J connectivity index is 1.48. The van der Waals surface area contributed by atoms with Crippen LogP contribution in [0.3, 0.4) is 0 Å². The monoisotopic (exact) mass is 464 g/mol. The number of rotatable bonds is 4. The molecule has 5 rings (SSSR count). The van der Waals surface area contributed by atoms with Crippen LogP contribution in [0, 0.1) is 19.8 Å². The van der Waals surface area contributed by atoms with Crippen LogP contribution in [-0.2, 0) is 10.0 Å². The van der Waals surface area contributed by atoms with Crippen molar-refractivity contribution in [2.45, 2.75) is 37.1 Å². The predicted molar refractivity (Wildman–Crippen MR) is 131 cm³/mol. The van der Waals surface area contributed by atoms with Gasteiger partial charge in [-0.25, -0.2) is 8.42 Å². The lowest BCUT2D eigenvalue weighted by atomic mass is 9.77. The zero-order chi connectivity index (χ0) is 22.5. The summed E-state index contributed by atoms with van der Waals surface area (Å²) in [6, 6.07) is 19.1. The smallest absolute Gasteiger partial charge is 0.261 e. The van der Waals surface area contributed by atoms with Crippen LogP contribution in [0.25, 0.3) is 0 Å². The molecule has 0 spiro atoms. The molecule has 0 saturated carbocycles. The lowest BCUT2D eigenvalue weighted by molar-refractivity contribution is 0.425. The third-order valence-corrected chi connectivity index (χ3v) is 8.26. The molecule has 6 heteroatoms. The quantitative estimate of drug-likeness (QED) is 0.428. The van der Waals surface area contributed by atoms with E-state index in [1.807, 2.05) is 50.2 Å². The Bertz CT molecular complexity index is 1320. The first-order valence-corrected chi connectivity index (χ1v) is 12.6. The van der Waals surface area contributed by atoms with E-state index in [1.54, 1.807) is 12.1 Å². The van der Waals surface area contributed by atoms with Crippen LogP contribution < -0.4 is 10.0 Å². The van der Waals surface area contributed by atoms with E-state index in [0.29, 0.717) is 11.6 Å².